The molecule has 0 bridgehead atoms. The van der Waals surface area contributed by atoms with Crippen molar-refractivity contribution < 1.29 is 4.74 Å². The predicted octanol–water partition coefficient (Wildman–Crippen LogP) is 0.457. The molecule has 13 heavy (non-hydrogen) atoms. The van der Waals surface area contributed by atoms with Gasteiger partial charge in [-0.15, -0.1) is 0 Å². The molecule has 3 heteroatoms. The Kier molecular flexibility index (Phi) is 2.86. The zero-order valence-corrected chi connectivity index (χ0v) is 8.62. The van der Waals surface area contributed by atoms with Crippen molar-refractivity contribution in [3.05, 3.63) is 0 Å². The summed E-state index contributed by atoms with van der Waals surface area (Å²) in [6, 6.07) is 2.04. The minimum Gasteiger partial charge on any atom is -0.379 e. The smallest absolute Gasteiger partial charge is 0.0619 e. The fraction of sp³-hybridized carbons (Fsp3) is 1.00. The molecule has 2 rings (SSSR count). The topological polar surface area (TPSA) is 24.5 Å². The van der Waals surface area contributed by atoms with Gasteiger partial charge in [-0.05, 0) is 20.3 Å². The summed E-state index contributed by atoms with van der Waals surface area (Å²) in [6.45, 7) is 8.62. The Bertz CT molecular complexity index is 174. The lowest BCUT2D eigenvalue weighted by Gasteiger charge is -2.37. The molecule has 0 aliphatic carbocycles. The van der Waals surface area contributed by atoms with Crippen molar-refractivity contribution in [1.82, 2.24) is 10.2 Å². The van der Waals surface area contributed by atoms with E-state index >= 15 is 0 Å². The molecule has 0 radical (unpaired) electrons. The van der Waals surface area contributed by atoms with Gasteiger partial charge in [0.05, 0.1) is 13.2 Å². The zero-order chi connectivity index (χ0) is 9.26. The molecule has 3 atom stereocenters. The zero-order valence-electron chi connectivity index (χ0n) is 8.62. The highest BCUT2D eigenvalue weighted by atomic mass is 16.5. The van der Waals surface area contributed by atoms with Gasteiger partial charge >= 0.3 is 0 Å². The van der Waals surface area contributed by atoms with Crippen LogP contribution in [0.15, 0.2) is 0 Å². The van der Waals surface area contributed by atoms with Crippen LogP contribution in [0.2, 0.25) is 0 Å². The molecule has 0 aromatic carbocycles. The Hall–Kier alpha value is -0.120. The van der Waals surface area contributed by atoms with E-state index in [2.05, 4.69) is 24.1 Å². The van der Waals surface area contributed by atoms with Crippen LogP contribution in [0.4, 0.5) is 0 Å². The van der Waals surface area contributed by atoms with Crippen LogP contribution in [0.3, 0.4) is 0 Å². The molecule has 0 saturated carbocycles. The lowest BCUT2D eigenvalue weighted by atomic mass is 10.1. The predicted molar refractivity (Wildman–Crippen MR) is 52.9 cm³/mol. The lowest BCUT2D eigenvalue weighted by Crippen LogP contribution is -2.50. The molecule has 1 N–H and O–H groups in total. The fourth-order valence-corrected chi connectivity index (χ4v) is 2.45. The Labute approximate surface area is 80.4 Å². The maximum absolute atomic E-state index is 5.44. The van der Waals surface area contributed by atoms with Crippen LogP contribution in [0.5, 0.6) is 0 Å². The average molecular weight is 184 g/mol. The van der Waals surface area contributed by atoms with E-state index in [1.807, 2.05) is 0 Å². The number of hydrogen-bond acceptors (Lipinski definition) is 3. The maximum atomic E-state index is 5.44. The summed E-state index contributed by atoms with van der Waals surface area (Å²) < 4.78 is 5.44. The number of ether oxygens (including phenoxy) is 1. The van der Waals surface area contributed by atoms with E-state index in [4.69, 9.17) is 4.74 Å². The van der Waals surface area contributed by atoms with Gasteiger partial charge in [-0.25, -0.2) is 0 Å². The minimum absolute atomic E-state index is 0.603. The lowest BCUT2D eigenvalue weighted by molar-refractivity contribution is -0.0184. The first-order valence-corrected chi connectivity index (χ1v) is 5.34. The molecule has 2 fully saturated rings. The number of nitrogens with zero attached hydrogens (tertiary/aromatic N) is 1. The van der Waals surface area contributed by atoms with Crippen LogP contribution in [0, 0.1) is 0 Å². The van der Waals surface area contributed by atoms with Crippen LogP contribution >= 0.6 is 0 Å². The number of hydrogen-bond donors (Lipinski definition) is 1. The number of nitrogens with one attached hydrogen (secondary N) is 1. The van der Waals surface area contributed by atoms with Crippen molar-refractivity contribution in [3.63, 3.8) is 0 Å². The number of rotatable bonds is 1. The first-order valence-electron chi connectivity index (χ1n) is 5.34. The second kappa shape index (κ2) is 3.95. The Morgan fingerprint density at radius 1 is 1.38 bits per heavy atom. The molecule has 2 aliphatic rings. The molecule has 76 valence electrons. The van der Waals surface area contributed by atoms with E-state index in [0.29, 0.717) is 12.1 Å². The summed E-state index contributed by atoms with van der Waals surface area (Å²) in [5.41, 5.74) is 0. The highest BCUT2D eigenvalue weighted by Gasteiger charge is 2.30. The van der Waals surface area contributed by atoms with E-state index in [1.54, 1.807) is 0 Å². The van der Waals surface area contributed by atoms with Crippen LogP contribution in [0.1, 0.15) is 20.3 Å². The molecule has 2 aliphatic heterocycles. The van der Waals surface area contributed by atoms with Gasteiger partial charge in [0.2, 0.25) is 0 Å². The van der Waals surface area contributed by atoms with E-state index in [0.717, 1.165) is 32.3 Å². The largest absolute Gasteiger partial charge is 0.379 e. The molecule has 0 aromatic heterocycles. The van der Waals surface area contributed by atoms with Crippen molar-refractivity contribution in [2.75, 3.05) is 26.3 Å². The van der Waals surface area contributed by atoms with E-state index < -0.39 is 0 Å². The number of morpholine rings is 1. The van der Waals surface area contributed by atoms with Crippen LogP contribution < -0.4 is 5.32 Å². The molecule has 0 aromatic rings. The van der Waals surface area contributed by atoms with Crippen molar-refractivity contribution >= 4 is 0 Å². The highest BCUT2D eigenvalue weighted by molar-refractivity contribution is 4.88. The quantitative estimate of drug-likeness (QED) is 0.640. The van der Waals surface area contributed by atoms with Crippen LogP contribution in [0.25, 0.3) is 0 Å². The van der Waals surface area contributed by atoms with Gasteiger partial charge in [-0.1, -0.05) is 0 Å². The van der Waals surface area contributed by atoms with Gasteiger partial charge in [0.15, 0.2) is 0 Å². The van der Waals surface area contributed by atoms with Gasteiger partial charge < -0.3 is 10.1 Å². The van der Waals surface area contributed by atoms with E-state index in [9.17, 15) is 0 Å². The standard InChI is InChI=1S/C10H20N2O/c1-8-5-10(6-11-8)12-3-4-13-7-9(12)2/h8-11H,3-7H2,1-2H3. The van der Waals surface area contributed by atoms with Gasteiger partial charge in [-0.2, -0.15) is 0 Å². The molecule has 3 nitrogen and oxygen atoms in total. The van der Waals surface area contributed by atoms with Crippen LogP contribution in [-0.2, 0) is 4.74 Å². The second-order valence-corrected chi connectivity index (χ2v) is 4.36. The normalized spacial score (nSPS) is 42.5. The maximum Gasteiger partial charge on any atom is 0.0619 e. The average Bonchev–Trinajstić information content (AvgIpc) is 2.53. The molecule has 0 amide bonds. The van der Waals surface area contributed by atoms with Gasteiger partial charge in [0, 0.05) is 31.2 Å². The molecular formula is C10H20N2O. The summed E-state index contributed by atoms with van der Waals surface area (Å²) >= 11 is 0. The summed E-state index contributed by atoms with van der Waals surface area (Å²) in [5.74, 6) is 0. The Morgan fingerprint density at radius 2 is 2.23 bits per heavy atom. The summed E-state index contributed by atoms with van der Waals surface area (Å²) in [6.07, 6.45) is 1.30. The first-order chi connectivity index (χ1) is 6.27. The molecular weight excluding hydrogens is 164 g/mol. The minimum atomic E-state index is 0.603. The van der Waals surface area contributed by atoms with E-state index in [1.165, 1.54) is 6.42 Å². The second-order valence-electron chi connectivity index (χ2n) is 4.36. The third-order valence-corrected chi connectivity index (χ3v) is 3.22. The van der Waals surface area contributed by atoms with Gasteiger partial charge in [-0.3, -0.25) is 4.90 Å². The van der Waals surface area contributed by atoms with Crippen molar-refractivity contribution in [1.29, 1.82) is 0 Å². The SMILES string of the molecule is CC1CC(N2CCOCC2C)CN1. The molecule has 2 heterocycles. The summed E-state index contributed by atoms with van der Waals surface area (Å²) in [5, 5.41) is 3.50. The fourth-order valence-electron chi connectivity index (χ4n) is 2.45. The molecule has 2 saturated heterocycles. The van der Waals surface area contributed by atoms with Crippen LogP contribution in [-0.4, -0.2) is 49.3 Å². The third-order valence-electron chi connectivity index (χ3n) is 3.22. The Balaban J connectivity index is 1.91. The monoisotopic (exact) mass is 184 g/mol. The van der Waals surface area contributed by atoms with Crippen molar-refractivity contribution in [2.45, 2.75) is 38.4 Å². The summed E-state index contributed by atoms with van der Waals surface area (Å²) in [4.78, 5) is 2.60. The Morgan fingerprint density at radius 3 is 2.85 bits per heavy atom. The third kappa shape index (κ3) is 2.03. The summed E-state index contributed by atoms with van der Waals surface area (Å²) in [7, 11) is 0. The van der Waals surface area contributed by atoms with E-state index in [-0.39, 0.29) is 0 Å². The first kappa shape index (κ1) is 9.44. The van der Waals surface area contributed by atoms with Gasteiger partial charge in [0.1, 0.15) is 0 Å². The van der Waals surface area contributed by atoms with Crippen molar-refractivity contribution in [3.8, 4) is 0 Å². The van der Waals surface area contributed by atoms with Crippen molar-refractivity contribution in [2.24, 2.45) is 0 Å². The molecule has 3 unspecified atom stereocenters. The molecule has 0 spiro atoms. The highest BCUT2D eigenvalue weighted by Crippen LogP contribution is 2.18. The van der Waals surface area contributed by atoms with Gasteiger partial charge in [0.25, 0.3) is 0 Å².